The Morgan fingerprint density at radius 2 is 1.74 bits per heavy atom. The minimum absolute atomic E-state index is 0.0824. The number of sulfonamides is 1. The van der Waals surface area contributed by atoms with Crippen molar-refractivity contribution in [1.29, 1.82) is 0 Å². The maximum Gasteiger partial charge on any atom is 0.241 e. The van der Waals surface area contributed by atoms with Crippen LogP contribution in [-0.4, -0.2) is 23.0 Å². The minimum Gasteiger partial charge on any atom is -0.307 e. The van der Waals surface area contributed by atoms with E-state index in [9.17, 15) is 8.42 Å². The van der Waals surface area contributed by atoms with Crippen LogP contribution in [0.1, 0.15) is 35.0 Å². The van der Waals surface area contributed by atoms with Gasteiger partial charge in [-0.15, -0.1) is 0 Å². The van der Waals surface area contributed by atoms with Crippen LogP contribution in [-0.2, 0) is 29.5 Å². The number of fused-ring (bicyclic) bond motifs is 1. The molecule has 0 aliphatic heterocycles. The highest BCUT2D eigenvalue weighted by Crippen LogP contribution is 2.19. The number of imidazole rings is 1. The molecule has 2 aromatic carbocycles. The highest BCUT2D eigenvalue weighted by atomic mass is 32.2. The third-order valence-electron chi connectivity index (χ3n) is 5.39. The van der Waals surface area contributed by atoms with Crippen molar-refractivity contribution >= 4 is 21.2 Å². The molecule has 0 saturated heterocycles. The van der Waals surface area contributed by atoms with Crippen LogP contribution in [0, 0.1) is 13.8 Å². The van der Waals surface area contributed by atoms with E-state index in [4.69, 9.17) is 0 Å². The molecular formula is C24H26N4O2S. The fourth-order valence-electron chi connectivity index (χ4n) is 3.71. The van der Waals surface area contributed by atoms with Crippen LogP contribution >= 0.6 is 0 Å². The maximum absolute atomic E-state index is 12.9. The van der Waals surface area contributed by atoms with Gasteiger partial charge in [-0.25, -0.2) is 23.1 Å². The number of nitrogens with zero attached hydrogens (tertiary/aromatic N) is 3. The first-order valence-electron chi connectivity index (χ1n) is 10.3. The molecule has 0 unspecified atom stereocenters. The van der Waals surface area contributed by atoms with E-state index < -0.39 is 10.0 Å². The highest BCUT2D eigenvalue weighted by molar-refractivity contribution is 7.89. The lowest BCUT2D eigenvalue weighted by molar-refractivity contribution is 0.576. The Labute approximate surface area is 183 Å². The van der Waals surface area contributed by atoms with Gasteiger partial charge in [0.25, 0.3) is 0 Å². The molecule has 2 heterocycles. The third-order valence-corrected chi connectivity index (χ3v) is 6.96. The number of hydrogen-bond donors (Lipinski definition) is 1. The molecule has 2 aromatic heterocycles. The molecule has 7 heteroatoms. The van der Waals surface area contributed by atoms with E-state index in [0.29, 0.717) is 12.4 Å². The Morgan fingerprint density at radius 3 is 2.45 bits per heavy atom. The monoisotopic (exact) mass is 434 g/mol. The van der Waals surface area contributed by atoms with Crippen molar-refractivity contribution in [2.75, 3.05) is 0 Å². The molecule has 4 aromatic rings. The first-order chi connectivity index (χ1) is 14.9. The summed E-state index contributed by atoms with van der Waals surface area (Å²) in [7, 11) is -3.67. The fraction of sp³-hybridized carbons (Fsp3) is 0.250. The molecule has 0 amide bonds. The molecule has 160 valence electrons. The van der Waals surface area contributed by atoms with Crippen LogP contribution < -0.4 is 4.72 Å². The summed E-state index contributed by atoms with van der Waals surface area (Å²) >= 11 is 0. The number of aryl methyl sites for hydroxylation is 3. The van der Waals surface area contributed by atoms with Gasteiger partial charge in [0.15, 0.2) is 5.65 Å². The van der Waals surface area contributed by atoms with Crippen LogP contribution in [0.15, 0.2) is 65.7 Å². The van der Waals surface area contributed by atoms with Gasteiger partial charge in [0.2, 0.25) is 10.0 Å². The summed E-state index contributed by atoms with van der Waals surface area (Å²) in [6.45, 7) is 6.53. The van der Waals surface area contributed by atoms with Gasteiger partial charge in [0.05, 0.1) is 18.0 Å². The summed E-state index contributed by atoms with van der Waals surface area (Å²) in [4.78, 5) is 9.42. The van der Waals surface area contributed by atoms with Gasteiger partial charge in [0, 0.05) is 6.20 Å². The standard InChI is InChI=1S/C24H26N4O2S/c1-4-19-8-10-20(11-9-19)16-28-23(27-21-6-5-13-25-24(21)28)15-26-31(29,30)22-12-7-17(2)14-18(22)3/h5-14,26H,4,15-16H2,1-3H3. The van der Waals surface area contributed by atoms with Crippen molar-refractivity contribution in [3.05, 3.63) is 88.9 Å². The summed E-state index contributed by atoms with van der Waals surface area (Å²) in [6.07, 6.45) is 2.71. The van der Waals surface area contributed by atoms with Crippen molar-refractivity contribution in [3.63, 3.8) is 0 Å². The van der Waals surface area contributed by atoms with Gasteiger partial charge >= 0.3 is 0 Å². The van der Waals surface area contributed by atoms with E-state index in [-0.39, 0.29) is 11.4 Å². The SMILES string of the molecule is CCc1ccc(Cn2c(CNS(=O)(=O)c3ccc(C)cc3C)nc3cccnc32)cc1. The van der Waals surface area contributed by atoms with Crippen LogP contribution in [0.4, 0.5) is 0 Å². The van der Waals surface area contributed by atoms with Gasteiger partial charge in [-0.3, -0.25) is 0 Å². The predicted octanol–water partition coefficient (Wildman–Crippen LogP) is 4.14. The zero-order valence-electron chi connectivity index (χ0n) is 18.0. The van der Waals surface area contributed by atoms with Crippen molar-refractivity contribution in [2.24, 2.45) is 0 Å². The summed E-state index contributed by atoms with van der Waals surface area (Å²) < 4.78 is 30.5. The number of nitrogens with one attached hydrogen (secondary N) is 1. The Bertz CT molecular complexity index is 1330. The number of hydrogen-bond acceptors (Lipinski definition) is 4. The van der Waals surface area contributed by atoms with E-state index >= 15 is 0 Å². The Hall–Kier alpha value is -3.03. The average Bonchev–Trinajstić information content (AvgIpc) is 3.10. The van der Waals surface area contributed by atoms with Gasteiger partial charge in [-0.1, -0.05) is 48.9 Å². The average molecular weight is 435 g/mol. The lowest BCUT2D eigenvalue weighted by atomic mass is 10.1. The first-order valence-corrected chi connectivity index (χ1v) is 11.8. The van der Waals surface area contributed by atoms with E-state index in [2.05, 4.69) is 45.9 Å². The predicted molar refractivity (Wildman–Crippen MR) is 122 cm³/mol. The zero-order valence-corrected chi connectivity index (χ0v) is 18.8. The van der Waals surface area contributed by atoms with E-state index in [1.54, 1.807) is 25.3 Å². The molecule has 0 aliphatic rings. The molecule has 0 aliphatic carbocycles. The zero-order chi connectivity index (χ0) is 22.0. The lowest BCUT2D eigenvalue weighted by Gasteiger charge is -2.12. The molecular weight excluding hydrogens is 408 g/mol. The van der Waals surface area contributed by atoms with E-state index in [1.165, 1.54) is 5.56 Å². The molecule has 1 N–H and O–H groups in total. The molecule has 31 heavy (non-hydrogen) atoms. The van der Waals surface area contributed by atoms with Gasteiger partial charge in [-0.05, 0) is 55.2 Å². The van der Waals surface area contributed by atoms with E-state index in [0.717, 1.165) is 34.3 Å². The van der Waals surface area contributed by atoms with Crippen LogP contribution in [0.25, 0.3) is 11.2 Å². The maximum atomic E-state index is 12.9. The molecule has 6 nitrogen and oxygen atoms in total. The third kappa shape index (κ3) is 4.52. The summed E-state index contributed by atoms with van der Waals surface area (Å²) in [6, 6.07) is 17.5. The molecule has 0 bridgehead atoms. The van der Waals surface area contributed by atoms with E-state index in [1.807, 2.05) is 29.7 Å². The first kappa shape index (κ1) is 21.2. The summed E-state index contributed by atoms with van der Waals surface area (Å²) in [5, 5.41) is 0. The number of aromatic nitrogens is 3. The fourth-order valence-corrected chi connectivity index (χ4v) is 4.91. The van der Waals surface area contributed by atoms with Crippen molar-refractivity contribution in [1.82, 2.24) is 19.3 Å². The summed E-state index contributed by atoms with van der Waals surface area (Å²) in [5.74, 6) is 0.626. The number of rotatable bonds is 7. The minimum atomic E-state index is -3.67. The Morgan fingerprint density at radius 1 is 1.00 bits per heavy atom. The van der Waals surface area contributed by atoms with Crippen molar-refractivity contribution in [3.8, 4) is 0 Å². The quantitative estimate of drug-likeness (QED) is 0.474. The molecule has 0 saturated carbocycles. The largest absolute Gasteiger partial charge is 0.307 e. The Balaban J connectivity index is 1.64. The second-order valence-electron chi connectivity index (χ2n) is 7.72. The van der Waals surface area contributed by atoms with Gasteiger partial charge in [0.1, 0.15) is 11.3 Å². The van der Waals surface area contributed by atoms with Crippen LogP contribution in [0.3, 0.4) is 0 Å². The van der Waals surface area contributed by atoms with Crippen molar-refractivity contribution in [2.45, 2.75) is 45.2 Å². The Kier molecular flexibility index (Phi) is 5.89. The highest BCUT2D eigenvalue weighted by Gasteiger charge is 2.19. The van der Waals surface area contributed by atoms with Gasteiger partial charge in [-0.2, -0.15) is 0 Å². The second kappa shape index (κ2) is 8.61. The second-order valence-corrected chi connectivity index (χ2v) is 9.46. The van der Waals surface area contributed by atoms with Crippen molar-refractivity contribution < 1.29 is 8.42 Å². The lowest BCUT2D eigenvalue weighted by Crippen LogP contribution is -2.26. The molecule has 0 atom stereocenters. The van der Waals surface area contributed by atoms with Crippen LogP contribution in [0.5, 0.6) is 0 Å². The molecule has 0 spiro atoms. The smallest absolute Gasteiger partial charge is 0.241 e. The molecule has 4 rings (SSSR count). The topological polar surface area (TPSA) is 76.9 Å². The molecule has 0 radical (unpaired) electrons. The normalized spacial score (nSPS) is 11.8. The van der Waals surface area contributed by atoms with Gasteiger partial charge < -0.3 is 4.57 Å². The van der Waals surface area contributed by atoms with Crippen LogP contribution in [0.2, 0.25) is 0 Å². The number of benzene rings is 2. The number of pyridine rings is 1. The summed E-state index contributed by atoms with van der Waals surface area (Å²) in [5.41, 5.74) is 5.62. The molecule has 0 fully saturated rings.